The van der Waals surface area contributed by atoms with Crippen LogP contribution in [0.25, 0.3) is 0 Å². The monoisotopic (exact) mass is 530 g/mol. The van der Waals surface area contributed by atoms with Gasteiger partial charge in [-0.15, -0.1) is 0 Å². The van der Waals surface area contributed by atoms with Crippen LogP contribution < -0.4 is 4.74 Å². The molecule has 2 aliphatic rings. The van der Waals surface area contributed by atoms with Crippen LogP contribution in [0.5, 0.6) is 5.75 Å². The first-order chi connectivity index (χ1) is 18.4. The molecular weight excluding hydrogens is 489 g/mol. The van der Waals surface area contributed by atoms with Crippen molar-refractivity contribution in [3.8, 4) is 5.75 Å². The second kappa shape index (κ2) is 13.5. The first kappa shape index (κ1) is 28.5. The summed E-state index contributed by atoms with van der Waals surface area (Å²) in [6.07, 6.45) is 10.7. The van der Waals surface area contributed by atoms with Crippen LogP contribution in [-0.2, 0) is 4.74 Å². The topological polar surface area (TPSA) is 35.5 Å². The molecule has 2 aromatic carbocycles. The summed E-state index contributed by atoms with van der Waals surface area (Å²) in [5.41, 5.74) is 0.667. The fourth-order valence-corrected chi connectivity index (χ4v) is 6.28. The van der Waals surface area contributed by atoms with E-state index in [9.17, 15) is 13.6 Å². The summed E-state index contributed by atoms with van der Waals surface area (Å²) in [6.45, 7) is 4.53. The van der Waals surface area contributed by atoms with Gasteiger partial charge in [0.15, 0.2) is 11.6 Å². The summed E-state index contributed by atoms with van der Waals surface area (Å²) < 4.78 is 55.5. The third-order valence-corrected chi connectivity index (χ3v) is 8.51. The van der Waals surface area contributed by atoms with Crippen molar-refractivity contribution in [2.45, 2.75) is 109 Å². The van der Waals surface area contributed by atoms with Gasteiger partial charge in [0.2, 0.25) is 0 Å². The Morgan fingerprint density at radius 3 is 2.13 bits per heavy atom. The van der Waals surface area contributed by atoms with E-state index < -0.39 is 23.7 Å². The molecule has 2 aliphatic carbocycles. The molecule has 6 heteroatoms. The SMILES string of the molecule is CCCCCC1CCC(c2ccc(C(=O)OC3CCC(c4ccc(OCC)cc4F)CC3)c(F)c2F)CC1. The average Bonchev–Trinajstić information content (AvgIpc) is 2.92. The fraction of sp³-hybridized carbons (Fsp3) is 0.594. The Labute approximate surface area is 225 Å². The van der Waals surface area contributed by atoms with Crippen molar-refractivity contribution in [1.29, 1.82) is 0 Å². The van der Waals surface area contributed by atoms with Gasteiger partial charge in [-0.2, -0.15) is 0 Å². The first-order valence-corrected chi connectivity index (χ1v) is 14.5. The van der Waals surface area contributed by atoms with Crippen molar-refractivity contribution < 1.29 is 27.4 Å². The van der Waals surface area contributed by atoms with Gasteiger partial charge in [0.25, 0.3) is 0 Å². The quantitative estimate of drug-likeness (QED) is 0.227. The maximum atomic E-state index is 15.1. The van der Waals surface area contributed by atoms with Gasteiger partial charge in [-0.05, 0) is 99.3 Å². The highest BCUT2D eigenvalue weighted by molar-refractivity contribution is 5.90. The molecule has 0 aromatic heterocycles. The number of esters is 1. The van der Waals surface area contributed by atoms with Crippen LogP contribution in [0, 0.1) is 23.4 Å². The lowest BCUT2D eigenvalue weighted by molar-refractivity contribution is 0.0188. The van der Waals surface area contributed by atoms with Crippen LogP contribution in [-0.4, -0.2) is 18.7 Å². The van der Waals surface area contributed by atoms with Crippen molar-refractivity contribution in [2.75, 3.05) is 6.61 Å². The Hall–Kier alpha value is -2.50. The largest absolute Gasteiger partial charge is 0.494 e. The van der Waals surface area contributed by atoms with E-state index in [1.165, 1.54) is 37.8 Å². The summed E-state index contributed by atoms with van der Waals surface area (Å²) in [4.78, 5) is 12.7. The number of unbranched alkanes of at least 4 members (excludes halogenated alkanes) is 2. The van der Waals surface area contributed by atoms with Crippen molar-refractivity contribution in [3.63, 3.8) is 0 Å². The average molecular weight is 531 g/mol. The zero-order valence-electron chi connectivity index (χ0n) is 22.7. The summed E-state index contributed by atoms with van der Waals surface area (Å²) in [5, 5.41) is 0. The highest BCUT2D eigenvalue weighted by Crippen LogP contribution is 2.40. The van der Waals surface area contributed by atoms with E-state index in [2.05, 4.69) is 6.92 Å². The molecule has 4 rings (SSSR count). The van der Waals surface area contributed by atoms with Crippen LogP contribution in [0.3, 0.4) is 0 Å². The lowest BCUT2D eigenvalue weighted by Crippen LogP contribution is -2.25. The maximum Gasteiger partial charge on any atom is 0.341 e. The number of benzene rings is 2. The minimum Gasteiger partial charge on any atom is -0.494 e. The Bertz CT molecular complexity index is 1070. The lowest BCUT2D eigenvalue weighted by atomic mass is 9.76. The molecule has 3 nitrogen and oxygen atoms in total. The summed E-state index contributed by atoms with van der Waals surface area (Å²) in [5.74, 6) is -1.94. The number of carbonyl (C=O) groups excluding carboxylic acids is 1. The van der Waals surface area contributed by atoms with E-state index in [0.29, 0.717) is 55.1 Å². The number of hydrogen-bond donors (Lipinski definition) is 0. The molecule has 0 bridgehead atoms. The van der Waals surface area contributed by atoms with Gasteiger partial charge >= 0.3 is 5.97 Å². The molecule has 0 spiro atoms. The molecule has 0 aliphatic heterocycles. The predicted octanol–water partition coefficient (Wildman–Crippen LogP) is 9.24. The lowest BCUT2D eigenvalue weighted by Gasteiger charge is -2.30. The van der Waals surface area contributed by atoms with Crippen LogP contribution in [0.2, 0.25) is 0 Å². The Balaban J connectivity index is 1.30. The third kappa shape index (κ3) is 6.92. The van der Waals surface area contributed by atoms with E-state index >= 15 is 4.39 Å². The van der Waals surface area contributed by atoms with Gasteiger partial charge < -0.3 is 9.47 Å². The molecule has 2 saturated carbocycles. The van der Waals surface area contributed by atoms with E-state index in [0.717, 1.165) is 25.7 Å². The number of halogens is 3. The van der Waals surface area contributed by atoms with Gasteiger partial charge in [0.1, 0.15) is 17.7 Å². The van der Waals surface area contributed by atoms with Gasteiger partial charge in [-0.25, -0.2) is 18.0 Å². The number of carbonyl (C=O) groups is 1. The van der Waals surface area contributed by atoms with E-state index in [-0.39, 0.29) is 23.2 Å². The van der Waals surface area contributed by atoms with Gasteiger partial charge in [0.05, 0.1) is 12.2 Å². The van der Waals surface area contributed by atoms with Crippen LogP contribution in [0.4, 0.5) is 13.2 Å². The smallest absolute Gasteiger partial charge is 0.341 e. The minimum atomic E-state index is -1.11. The normalized spacial score (nSPS) is 23.7. The van der Waals surface area contributed by atoms with E-state index in [1.54, 1.807) is 18.2 Å². The molecule has 2 fully saturated rings. The molecular formula is C32H41F3O3. The van der Waals surface area contributed by atoms with Crippen LogP contribution >= 0.6 is 0 Å². The molecule has 0 heterocycles. The molecule has 38 heavy (non-hydrogen) atoms. The Morgan fingerprint density at radius 1 is 0.816 bits per heavy atom. The highest BCUT2D eigenvalue weighted by atomic mass is 19.2. The second-order valence-corrected chi connectivity index (χ2v) is 11.0. The third-order valence-electron chi connectivity index (χ3n) is 8.51. The first-order valence-electron chi connectivity index (χ1n) is 14.5. The molecule has 2 aromatic rings. The van der Waals surface area contributed by atoms with Crippen LogP contribution in [0.15, 0.2) is 30.3 Å². The highest BCUT2D eigenvalue weighted by Gasteiger charge is 2.30. The van der Waals surface area contributed by atoms with Crippen molar-refractivity contribution in [1.82, 2.24) is 0 Å². The van der Waals surface area contributed by atoms with Crippen molar-refractivity contribution >= 4 is 5.97 Å². The molecule has 0 radical (unpaired) electrons. The summed E-state index contributed by atoms with van der Waals surface area (Å²) >= 11 is 0. The molecule has 0 amide bonds. The minimum absolute atomic E-state index is 0.00438. The molecule has 0 unspecified atom stereocenters. The zero-order valence-corrected chi connectivity index (χ0v) is 22.7. The van der Waals surface area contributed by atoms with Crippen molar-refractivity contribution in [3.05, 3.63) is 64.5 Å². The van der Waals surface area contributed by atoms with E-state index in [1.807, 2.05) is 6.92 Å². The standard InChI is InChI=1S/C32H41F3O3/c1-3-5-6-7-21-8-10-23(11-9-21)27-18-19-28(31(35)30(27)34)32(36)38-24-14-12-22(13-15-24)26-17-16-25(37-4-2)20-29(26)33/h16-24H,3-15H2,1-2H3. The Morgan fingerprint density at radius 2 is 1.47 bits per heavy atom. The maximum absolute atomic E-state index is 15.1. The summed E-state index contributed by atoms with van der Waals surface area (Å²) in [6, 6.07) is 7.89. The van der Waals surface area contributed by atoms with Gasteiger partial charge in [-0.1, -0.05) is 44.7 Å². The Kier molecular flexibility index (Phi) is 10.1. The molecule has 208 valence electrons. The number of ether oxygens (including phenoxy) is 2. The number of hydrogen-bond acceptors (Lipinski definition) is 3. The van der Waals surface area contributed by atoms with Crippen molar-refractivity contribution in [2.24, 2.45) is 5.92 Å². The molecule has 0 saturated heterocycles. The molecule has 0 N–H and O–H groups in total. The van der Waals surface area contributed by atoms with E-state index in [4.69, 9.17) is 9.47 Å². The predicted molar refractivity (Wildman–Crippen MR) is 143 cm³/mol. The molecule has 0 atom stereocenters. The zero-order chi connectivity index (χ0) is 27.1. The van der Waals surface area contributed by atoms with Gasteiger partial charge in [-0.3, -0.25) is 0 Å². The van der Waals surface area contributed by atoms with Crippen LogP contribution in [0.1, 0.15) is 124 Å². The fourth-order valence-electron chi connectivity index (χ4n) is 6.28. The van der Waals surface area contributed by atoms with Gasteiger partial charge in [0, 0.05) is 6.07 Å². The second-order valence-electron chi connectivity index (χ2n) is 11.0. The number of rotatable bonds is 10. The summed E-state index contributed by atoms with van der Waals surface area (Å²) in [7, 11) is 0.